The number of piperidine rings is 1. The van der Waals surface area contributed by atoms with Crippen molar-refractivity contribution >= 4 is 11.9 Å². The van der Waals surface area contributed by atoms with Gasteiger partial charge in [0.25, 0.3) is 0 Å². The Morgan fingerprint density at radius 3 is 2.50 bits per heavy atom. The third kappa shape index (κ3) is 1.95. The molecular formula is C9H18N2S. The van der Waals surface area contributed by atoms with Crippen molar-refractivity contribution in [3.8, 4) is 0 Å². The van der Waals surface area contributed by atoms with E-state index in [4.69, 9.17) is 0 Å². The molecule has 2 aliphatic heterocycles. The van der Waals surface area contributed by atoms with Crippen LogP contribution in [0.25, 0.3) is 0 Å². The Morgan fingerprint density at radius 1 is 1.17 bits per heavy atom. The minimum atomic E-state index is 0.883. The summed E-state index contributed by atoms with van der Waals surface area (Å²) in [7, 11) is 2.23. The molecule has 2 aliphatic rings. The van der Waals surface area contributed by atoms with Crippen LogP contribution < -0.4 is 0 Å². The van der Waals surface area contributed by atoms with Crippen LogP contribution in [0, 0.1) is 0 Å². The lowest BCUT2D eigenvalue weighted by Crippen LogP contribution is -2.39. The summed E-state index contributed by atoms with van der Waals surface area (Å²) in [6.45, 7) is 3.92. The zero-order chi connectivity index (χ0) is 8.39. The maximum Gasteiger partial charge on any atom is 0.0226 e. The summed E-state index contributed by atoms with van der Waals surface area (Å²) in [5.74, 6) is 1.35. The summed E-state index contributed by atoms with van der Waals surface area (Å²) in [5.41, 5.74) is 0. The molecule has 0 N–H and O–H groups in total. The minimum absolute atomic E-state index is 0.883. The Morgan fingerprint density at radius 2 is 1.92 bits per heavy atom. The summed E-state index contributed by atoms with van der Waals surface area (Å²) in [6.07, 6.45) is 4.16. The summed E-state index contributed by atoms with van der Waals surface area (Å²) in [4.78, 5) is 2.44. The van der Waals surface area contributed by atoms with Gasteiger partial charge in [-0.3, -0.25) is 0 Å². The number of hydrogen-bond donors (Lipinski definition) is 0. The van der Waals surface area contributed by atoms with Crippen molar-refractivity contribution in [2.24, 2.45) is 0 Å². The second kappa shape index (κ2) is 3.99. The van der Waals surface area contributed by atoms with Crippen molar-refractivity contribution in [2.75, 3.05) is 32.4 Å². The molecule has 2 heterocycles. The van der Waals surface area contributed by atoms with Crippen LogP contribution in [-0.4, -0.2) is 47.7 Å². The molecule has 0 unspecified atom stereocenters. The highest BCUT2D eigenvalue weighted by Crippen LogP contribution is 2.27. The summed E-state index contributed by atoms with van der Waals surface area (Å²) < 4.78 is 2.62. The molecule has 2 rings (SSSR count). The molecule has 0 atom stereocenters. The van der Waals surface area contributed by atoms with Gasteiger partial charge in [0.05, 0.1) is 0 Å². The highest BCUT2D eigenvalue weighted by molar-refractivity contribution is 7.97. The Hall–Kier alpha value is 0.270. The van der Waals surface area contributed by atoms with Gasteiger partial charge in [0, 0.05) is 18.3 Å². The van der Waals surface area contributed by atoms with Crippen LogP contribution >= 0.6 is 11.9 Å². The molecule has 0 bridgehead atoms. The topological polar surface area (TPSA) is 6.48 Å². The van der Waals surface area contributed by atoms with Gasteiger partial charge >= 0.3 is 0 Å². The first-order valence-electron chi connectivity index (χ1n) is 4.94. The summed E-state index contributed by atoms with van der Waals surface area (Å²) in [5, 5.41) is 0. The van der Waals surface area contributed by atoms with Gasteiger partial charge in [-0.15, -0.1) is 0 Å². The molecule has 0 aromatic rings. The van der Waals surface area contributed by atoms with Crippen LogP contribution in [0.3, 0.4) is 0 Å². The lowest BCUT2D eigenvalue weighted by molar-refractivity contribution is 0.195. The van der Waals surface area contributed by atoms with Crippen LogP contribution in [0.2, 0.25) is 0 Å². The van der Waals surface area contributed by atoms with Crippen molar-refractivity contribution in [1.29, 1.82) is 0 Å². The lowest BCUT2D eigenvalue weighted by Gasteiger charge is -2.33. The van der Waals surface area contributed by atoms with Gasteiger partial charge in [-0.1, -0.05) is 11.9 Å². The fourth-order valence-corrected chi connectivity index (χ4v) is 3.21. The zero-order valence-electron chi connectivity index (χ0n) is 7.83. The number of likely N-dealkylation sites (tertiary alicyclic amines) is 1. The molecule has 3 heteroatoms. The second-order valence-electron chi connectivity index (χ2n) is 3.86. The number of nitrogens with zero attached hydrogens (tertiary/aromatic N) is 2. The minimum Gasteiger partial charge on any atom is -0.306 e. The van der Waals surface area contributed by atoms with Gasteiger partial charge in [0.15, 0.2) is 0 Å². The van der Waals surface area contributed by atoms with E-state index in [9.17, 15) is 0 Å². The fraction of sp³-hybridized carbons (Fsp3) is 1.00. The standard InChI is InChI=1S/C9H18N2S/c1-10-6-3-9(4-7-10)11-5-2-8-12-11/h9H,2-8H2,1H3. The molecular weight excluding hydrogens is 168 g/mol. The van der Waals surface area contributed by atoms with E-state index >= 15 is 0 Å². The number of hydrogen-bond acceptors (Lipinski definition) is 3. The summed E-state index contributed by atoms with van der Waals surface area (Å²) >= 11 is 2.06. The van der Waals surface area contributed by atoms with E-state index in [1.807, 2.05) is 0 Å². The van der Waals surface area contributed by atoms with Crippen molar-refractivity contribution in [3.63, 3.8) is 0 Å². The largest absolute Gasteiger partial charge is 0.306 e. The normalized spacial score (nSPS) is 29.8. The molecule has 70 valence electrons. The zero-order valence-corrected chi connectivity index (χ0v) is 8.65. The molecule has 12 heavy (non-hydrogen) atoms. The third-order valence-corrected chi connectivity index (χ3v) is 4.16. The van der Waals surface area contributed by atoms with Gasteiger partial charge in [0.1, 0.15) is 0 Å². The van der Waals surface area contributed by atoms with Gasteiger partial charge in [0.2, 0.25) is 0 Å². The monoisotopic (exact) mass is 186 g/mol. The average Bonchev–Trinajstić information content (AvgIpc) is 2.58. The van der Waals surface area contributed by atoms with E-state index in [0.717, 1.165) is 6.04 Å². The average molecular weight is 186 g/mol. The van der Waals surface area contributed by atoms with E-state index in [-0.39, 0.29) is 0 Å². The first-order valence-corrected chi connectivity index (χ1v) is 5.88. The Balaban J connectivity index is 1.80. The van der Waals surface area contributed by atoms with Crippen molar-refractivity contribution < 1.29 is 0 Å². The van der Waals surface area contributed by atoms with Crippen molar-refractivity contribution in [1.82, 2.24) is 9.21 Å². The second-order valence-corrected chi connectivity index (χ2v) is 5.00. The van der Waals surface area contributed by atoms with Gasteiger partial charge < -0.3 is 4.90 Å². The molecule has 0 aromatic heterocycles. The Labute approximate surface area is 79.4 Å². The molecule has 0 aromatic carbocycles. The maximum atomic E-state index is 2.62. The smallest absolute Gasteiger partial charge is 0.0226 e. The predicted octanol–water partition coefficient (Wildman–Crippen LogP) is 1.43. The van der Waals surface area contributed by atoms with Crippen LogP contribution in [0.5, 0.6) is 0 Å². The van der Waals surface area contributed by atoms with Crippen molar-refractivity contribution in [3.05, 3.63) is 0 Å². The third-order valence-electron chi connectivity index (χ3n) is 2.88. The van der Waals surface area contributed by atoms with E-state index in [2.05, 4.69) is 28.2 Å². The molecule has 0 saturated carbocycles. The van der Waals surface area contributed by atoms with Gasteiger partial charge in [-0.05, 0) is 39.4 Å². The SMILES string of the molecule is CN1CCC(N2CCCS2)CC1. The summed E-state index contributed by atoms with van der Waals surface area (Å²) in [6, 6.07) is 0.883. The molecule has 0 radical (unpaired) electrons. The molecule has 2 nitrogen and oxygen atoms in total. The van der Waals surface area contributed by atoms with E-state index in [1.165, 1.54) is 44.6 Å². The predicted molar refractivity (Wildman–Crippen MR) is 54.3 cm³/mol. The Bertz CT molecular complexity index is 137. The molecule has 0 aliphatic carbocycles. The van der Waals surface area contributed by atoms with Crippen molar-refractivity contribution in [2.45, 2.75) is 25.3 Å². The van der Waals surface area contributed by atoms with E-state index in [0.29, 0.717) is 0 Å². The van der Waals surface area contributed by atoms with Gasteiger partial charge in [-0.25, -0.2) is 4.31 Å². The van der Waals surface area contributed by atoms with E-state index in [1.54, 1.807) is 0 Å². The fourth-order valence-electron chi connectivity index (χ4n) is 2.04. The molecule has 0 amide bonds. The maximum absolute atomic E-state index is 2.62. The van der Waals surface area contributed by atoms with Gasteiger partial charge in [-0.2, -0.15) is 0 Å². The molecule has 2 saturated heterocycles. The molecule has 2 fully saturated rings. The highest BCUT2D eigenvalue weighted by Gasteiger charge is 2.25. The van der Waals surface area contributed by atoms with Crippen LogP contribution in [0.4, 0.5) is 0 Å². The number of rotatable bonds is 1. The van der Waals surface area contributed by atoms with Crippen LogP contribution in [-0.2, 0) is 0 Å². The van der Waals surface area contributed by atoms with E-state index < -0.39 is 0 Å². The first kappa shape index (κ1) is 8.85. The Kier molecular flexibility index (Phi) is 2.94. The highest BCUT2D eigenvalue weighted by atomic mass is 32.2. The van der Waals surface area contributed by atoms with Crippen LogP contribution in [0.1, 0.15) is 19.3 Å². The quantitative estimate of drug-likeness (QED) is 0.572. The van der Waals surface area contributed by atoms with Crippen LogP contribution in [0.15, 0.2) is 0 Å². The lowest BCUT2D eigenvalue weighted by atomic mass is 10.1. The first-order chi connectivity index (χ1) is 5.86. The molecule has 0 spiro atoms.